The second-order valence-corrected chi connectivity index (χ2v) is 11.4. The van der Waals surface area contributed by atoms with Gasteiger partial charge in [0.05, 0.1) is 41.7 Å². The van der Waals surface area contributed by atoms with Gasteiger partial charge in [0, 0.05) is 10.6 Å². The number of unbranched alkanes of at least 4 members (excludes halogenated alkanes) is 2. The van der Waals surface area contributed by atoms with Crippen molar-refractivity contribution in [3.63, 3.8) is 0 Å². The Bertz CT molecular complexity index is 1670. The maximum absolute atomic E-state index is 13.7. The van der Waals surface area contributed by atoms with Gasteiger partial charge in [-0.05, 0) is 80.4 Å². The van der Waals surface area contributed by atoms with Gasteiger partial charge in [0.2, 0.25) is 0 Å². The zero-order valence-electron chi connectivity index (χ0n) is 24.3. The number of anilines is 1. The predicted octanol–water partition coefficient (Wildman–Crippen LogP) is 7.94. The molecule has 0 spiro atoms. The Balaban J connectivity index is 1.65. The normalized spacial score (nSPS) is 16.2. The summed E-state index contributed by atoms with van der Waals surface area (Å²) in [7, 11) is 0. The topological polar surface area (TPSA) is 98.2 Å². The summed E-state index contributed by atoms with van der Waals surface area (Å²) < 4.78 is 18.4. The first kappa shape index (κ1) is 30.4. The Morgan fingerprint density at radius 1 is 0.930 bits per heavy atom. The molecule has 0 radical (unpaired) electrons. The number of hydrogen-bond acceptors (Lipinski definition) is 8. The number of aliphatic hydroxyl groups is 1. The van der Waals surface area contributed by atoms with Crippen molar-refractivity contribution in [1.29, 1.82) is 0 Å². The van der Waals surface area contributed by atoms with Crippen molar-refractivity contribution in [2.75, 3.05) is 24.7 Å². The van der Waals surface area contributed by atoms with Crippen LogP contribution in [0.3, 0.4) is 0 Å². The number of amides is 1. The maximum Gasteiger partial charge on any atom is 0.301 e. The lowest BCUT2D eigenvalue weighted by Gasteiger charge is -2.24. The standard InChI is InChI=1S/C33H33ClN2O6S/c1-4-7-8-17-42-25-16-11-21(18-26(25)41-6-3)29-28(30(37)20-9-12-22(34)13-10-20)31(38)32(39)36(29)33-35-24-15-14-23(40-5-2)19-27(24)43-33/h9-16,18-19,29,37H,4-8,17H2,1-3H3/b30-28+. The quantitative estimate of drug-likeness (QED) is 0.0743. The van der Waals surface area contributed by atoms with Crippen molar-refractivity contribution in [1.82, 2.24) is 4.98 Å². The summed E-state index contributed by atoms with van der Waals surface area (Å²) in [6, 6.07) is 16.3. The number of carbonyl (C=O) groups excluding carboxylic acids is 2. The third-order valence-corrected chi connectivity index (χ3v) is 8.29. The van der Waals surface area contributed by atoms with Crippen molar-refractivity contribution in [2.45, 2.75) is 46.1 Å². The summed E-state index contributed by atoms with van der Waals surface area (Å²) in [6.07, 6.45) is 3.04. The molecule has 10 heteroatoms. The molecule has 0 saturated carbocycles. The highest BCUT2D eigenvalue weighted by Crippen LogP contribution is 2.46. The van der Waals surface area contributed by atoms with Crippen LogP contribution in [0.5, 0.6) is 17.2 Å². The van der Waals surface area contributed by atoms with E-state index in [0.29, 0.717) is 63.9 Å². The van der Waals surface area contributed by atoms with Crippen LogP contribution in [-0.4, -0.2) is 41.6 Å². The number of thiazole rings is 1. The van der Waals surface area contributed by atoms with Gasteiger partial charge in [0.25, 0.3) is 5.78 Å². The first-order valence-electron chi connectivity index (χ1n) is 14.4. The molecule has 3 aromatic carbocycles. The van der Waals surface area contributed by atoms with E-state index < -0.39 is 17.7 Å². The Morgan fingerprint density at radius 3 is 2.42 bits per heavy atom. The molecule has 1 saturated heterocycles. The molecule has 1 atom stereocenters. The van der Waals surface area contributed by atoms with Crippen molar-refractivity contribution in [2.24, 2.45) is 0 Å². The summed E-state index contributed by atoms with van der Waals surface area (Å²) in [5, 5.41) is 12.3. The van der Waals surface area contributed by atoms with Gasteiger partial charge in [-0.25, -0.2) is 4.98 Å². The van der Waals surface area contributed by atoms with E-state index in [0.717, 1.165) is 24.0 Å². The molecule has 1 aliphatic rings. The second-order valence-electron chi connectivity index (χ2n) is 9.93. The van der Waals surface area contributed by atoms with Gasteiger partial charge in [-0.1, -0.05) is 48.8 Å². The fraction of sp³-hybridized carbons (Fsp3) is 0.303. The highest BCUT2D eigenvalue weighted by atomic mass is 35.5. The molecule has 0 bridgehead atoms. The lowest BCUT2D eigenvalue weighted by molar-refractivity contribution is -0.132. The molecule has 1 fully saturated rings. The van der Waals surface area contributed by atoms with Crippen LogP contribution in [0, 0.1) is 0 Å². The lowest BCUT2D eigenvalue weighted by Crippen LogP contribution is -2.29. The highest BCUT2D eigenvalue weighted by molar-refractivity contribution is 7.22. The van der Waals surface area contributed by atoms with Crippen LogP contribution < -0.4 is 19.1 Å². The minimum atomic E-state index is -0.976. The van der Waals surface area contributed by atoms with E-state index in [1.807, 2.05) is 32.0 Å². The molecule has 8 nitrogen and oxygen atoms in total. The van der Waals surface area contributed by atoms with E-state index in [1.54, 1.807) is 42.5 Å². The molecule has 2 heterocycles. The molecule has 224 valence electrons. The van der Waals surface area contributed by atoms with E-state index in [4.69, 9.17) is 30.8 Å². The Hall–Kier alpha value is -4.08. The number of aliphatic hydroxyl groups excluding tert-OH is 1. The minimum absolute atomic E-state index is 0.0550. The first-order chi connectivity index (χ1) is 20.9. The van der Waals surface area contributed by atoms with Crippen LogP contribution in [0.25, 0.3) is 16.0 Å². The summed E-state index contributed by atoms with van der Waals surface area (Å²) >= 11 is 7.34. The van der Waals surface area contributed by atoms with Gasteiger partial charge in [-0.15, -0.1) is 0 Å². The first-order valence-corrected chi connectivity index (χ1v) is 15.6. The number of benzene rings is 3. The highest BCUT2D eigenvalue weighted by Gasteiger charge is 2.48. The molecule has 1 amide bonds. The van der Waals surface area contributed by atoms with Crippen LogP contribution in [0.4, 0.5) is 5.13 Å². The fourth-order valence-electron chi connectivity index (χ4n) is 4.98. The summed E-state index contributed by atoms with van der Waals surface area (Å²) in [5.74, 6) is -0.173. The Morgan fingerprint density at radius 2 is 1.70 bits per heavy atom. The number of hydrogen-bond donors (Lipinski definition) is 1. The number of fused-ring (bicyclic) bond motifs is 1. The zero-order chi connectivity index (χ0) is 30.5. The van der Waals surface area contributed by atoms with Crippen molar-refractivity contribution in [3.8, 4) is 17.2 Å². The van der Waals surface area contributed by atoms with Crippen molar-refractivity contribution < 1.29 is 28.9 Å². The summed E-state index contributed by atoms with van der Waals surface area (Å²) in [5.41, 5.74) is 1.53. The monoisotopic (exact) mass is 620 g/mol. The van der Waals surface area contributed by atoms with Gasteiger partial charge in [0.15, 0.2) is 16.6 Å². The molecule has 43 heavy (non-hydrogen) atoms. The summed E-state index contributed by atoms with van der Waals surface area (Å²) in [6.45, 7) is 7.34. The number of nitrogens with zero attached hydrogens (tertiary/aromatic N) is 2. The zero-order valence-corrected chi connectivity index (χ0v) is 25.8. The molecule has 5 rings (SSSR count). The molecule has 1 N–H and O–H groups in total. The van der Waals surface area contributed by atoms with E-state index in [2.05, 4.69) is 6.92 Å². The molecular weight excluding hydrogens is 588 g/mol. The third-order valence-electron chi connectivity index (χ3n) is 7.02. The molecule has 1 unspecified atom stereocenters. The van der Waals surface area contributed by atoms with Gasteiger partial charge in [-0.2, -0.15) is 0 Å². The number of aromatic nitrogens is 1. The Kier molecular flexibility index (Phi) is 9.52. The lowest BCUT2D eigenvalue weighted by atomic mass is 9.95. The smallest absolute Gasteiger partial charge is 0.301 e. The maximum atomic E-state index is 13.7. The molecule has 1 aromatic heterocycles. The predicted molar refractivity (Wildman–Crippen MR) is 170 cm³/mol. The number of ether oxygens (including phenoxy) is 3. The third kappa shape index (κ3) is 6.33. The van der Waals surface area contributed by atoms with Crippen LogP contribution in [0.1, 0.15) is 57.2 Å². The number of rotatable bonds is 12. The van der Waals surface area contributed by atoms with Crippen LogP contribution in [0.15, 0.2) is 66.2 Å². The molecule has 0 aliphatic carbocycles. The van der Waals surface area contributed by atoms with Gasteiger partial charge >= 0.3 is 5.91 Å². The Labute approximate surface area is 259 Å². The van der Waals surface area contributed by atoms with Crippen LogP contribution in [0.2, 0.25) is 5.02 Å². The van der Waals surface area contributed by atoms with Crippen LogP contribution >= 0.6 is 22.9 Å². The molecule has 1 aliphatic heterocycles. The van der Waals surface area contributed by atoms with Gasteiger partial charge < -0.3 is 19.3 Å². The number of halogens is 1. The number of Topliss-reactive ketones (excluding diaryl/α,β-unsaturated/α-hetero) is 1. The van der Waals surface area contributed by atoms with E-state index in [-0.39, 0.29) is 11.3 Å². The van der Waals surface area contributed by atoms with E-state index in [9.17, 15) is 14.7 Å². The van der Waals surface area contributed by atoms with Gasteiger partial charge in [0.1, 0.15) is 11.5 Å². The van der Waals surface area contributed by atoms with Gasteiger partial charge in [-0.3, -0.25) is 14.5 Å². The average Bonchev–Trinajstić information content (AvgIpc) is 3.53. The summed E-state index contributed by atoms with van der Waals surface area (Å²) in [4.78, 5) is 33.4. The molecule has 4 aromatic rings. The number of carbonyl (C=O) groups is 2. The fourth-order valence-corrected chi connectivity index (χ4v) is 6.12. The van der Waals surface area contributed by atoms with Crippen LogP contribution in [-0.2, 0) is 9.59 Å². The largest absolute Gasteiger partial charge is 0.507 e. The van der Waals surface area contributed by atoms with Crippen molar-refractivity contribution >= 4 is 55.7 Å². The second kappa shape index (κ2) is 13.5. The molecular formula is C33H33ClN2O6S. The average molecular weight is 621 g/mol. The van der Waals surface area contributed by atoms with E-state index >= 15 is 0 Å². The van der Waals surface area contributed by atoms with Crippen molar-refractivity contribution in [3.05, 3.63) is 82.4 Å². The minimum Gasteiger partial charge on any atom is -0.507 e. The SMILES string of the molecule is CCCCCOc1ccc(C2/C(=C(\O)c3ccc(Cl)cc3)C(=O)C(=O)N2c2nc3ccc(OCC)cc3s2)cc1OCC. The number of ketones is 1. The van der Waals surface area contributed by atoms with E-state index in [1.165, 1.54) is 16.2 Å².